The van der Waals surface area contributed by atoms with Crippen molar-refractivity contribution in [2.75, 3.05) is 5.73 Å². The summed E-state index contributed by atoms with van der Waals surface area (Å²) >= 11 is 0. The van der Waals surface area contributed by atoms with Crippen molar-refractivity contribution < 1.29 is 0 Å². The number of nitrogens with one attached hydrogen (secondary N) is 1. The highest BCUT2D eigenvalue weighted by molar-refractivity contribution is 5.46. The molecule has 3 N–H and O–H groups in total. The highest BCUT2D eigenvalue weighted by Crippen LogP contribution is 2.12. The number of benzene rings is 1. The molecular weight excluding hydrogens is 214 g/mol. The summed E-state index contributed by atoms with van der Waals surface area (Å²) < 4.78 is 0. The van der Waals surface area contributed by atoms with Gasteiger partial charge in [0.25, 0.3) is 5.56 Å². The van der Waals surface area contributed by atoms with Crippen LogP contribution < -0.4 is 11.3 Å². The van der Waals surface area contributed by atoms with Crippen molar-refractivity contribution >= 4 is 5.69 Å². The zero-order valence-electron chi connectivity index (χ0n) is 9.73. The Morgan fingerprint density at radius 3 is 2.76 bits per heavy atom. The van der Waals surface area contributed by atoms with E-state index in [0.29, 0.717) is 5.82 Å². The molecule has 0 spiro atoms. The van der Waals surface area contributed by atoms with E-state index in [-0.39, 0.29) is 5.56 Å². The van der Waals surface area contributed by atoms with Crippen LogP contribution in [0.25, 0.3) is 0 Å². The van der Waals surface area contributed by atoms with Gasteiger partial charge in [0.15, 0.2) is 0 Å². The van der Waals surface area contributed by atoms with Crippen LogP contribution in [0, 0.1) is 6.92 Å². The Morgan fingerprint density at radius 1 is 1.29 bits per heavy atom. The minimum Gasteiger partial charge on any atom is -0.399 e. The summed E-state index contributed by atoms with van der Waals surface area (Å²) in [6.07, 6.45) is 1.52. The van der Waals surface area contributed by atoms with Crippen molar-refractivity contribution in [1.29, 1.82) is 0 Å². The second kappa shape index (κ2) is 4.82. The molecule has 1 heterocycles. The highest BCUT2D eigenvalue weighted by atomic mass is 16.1. The normalized spacial score (nSPS) is 10.4. The molecule has 0 aliphatic rings. The molecule has 4 heteroatoms. The number of nitrogens with zero attached hydrogens (tertiary/aromatic N) is 1. The van der Waals surface area contributed by atoms with Crippen molar-refractivity contribution in [2.45, 2.75) is 19.8 Å². The summed E-state index contributed by atoms with van der Waals surface area (Å²) in [7, 11) is 0. The van der Waals surface area contributed by atoms with Gasteiger partial charge in [-0.3, -0.25) is 4.79 Å². The van der Waals surface area contributed by atoms with Crippen LogP contribution in [0.15, 0.2) is 35.1 Å². The van der Waals surface area contributed by atoms with Crippen LogP contribution in [0.4, 0.5) is 5.69 Å². The molecule has 2 rings (SSSR count). The van der Waals surface area contributed by atoms with Crippen LogP contribution in [0.3, 0.4) is 0 Å². The maximum atomic E-state index is 11.3. The third kappa shape index (κ3) is 2.93. The molecular formula is C13H15N3O. The standard InChI is InChI=1S/C13H15N3O/c1-9-15-11(8-13(17)16-9)7-6-10-4-2-3-5-12(10)14/h2-5,8H,6-7,14H2,1H3,(H,15,16,17). The Labute approximate surface area is 99.5 Å². The van der Waals surface area contributed by atoms with E-state index in [1.54, 1.807) is 6.92 Å². The molecule has 0 atom stereocenters. The van der Waals surface area contributed by atoms with Crippen molar-refractivity contribution in [2.24, 2.45) is 0 Å². The molecule has 0 fully saturated rings. The molecule has 0 amide bonds. The minimum absolute atomic E-state index is 0.103. The van der Waals surface area contributed by atoms with Gasteiger partial charge in [0.2, 0.25) is 0 Å². The Bertz CT molecular complexity index is 575. The van der Waals surface area contributed by atoms with Crippen molar-refractivity contribution in [3.05, 3.63) is 57.8 Å². The van der Waals surface area contributed by atoms with Crippen LogP contribution in [0.1, 0.15) is 17.1 Å². The number of H-pyrrole nitrogens is 1. The molecule has 0 unspecified atom stereocenters. The van der Waals surface area contributed by atoms with Gasteiger partial charge in [-0.2, -0.15) is 0 Å². The first-order valence-electron chi connectivity index (χ1n) is 5.55. The van der Waals surface area contributed by atoms with E-state index in [1.807, 2.05) is 24.3 Å². The van der Waals surface area contributed by atoms with Gasteiger partial charge in [-0.1, -0.05) is 18.2 Å². The molecule has 17 heavy (non-hydrogen) atoms. The van der Waals surface area contributed by atoms with E-state index in [4.69, 9.17) is 5.73 Å². The summed E-state index contributed by atoms with van der Waals surface area (Å²) in [5.41, 5.74) is 8.43. The second-order valence-electron chi connectivity index (χ2n) is 4.02. The summed E-state index contributed by atoms with van der Waals surface area (Å²) in [4.78, 5) is 18.2. The first-order chi connectivity index (χ1) is 8.15. The lowest BCUT2D eigenvalue weighted by molar-refractivity contribution is 0.871. The molecule has 0 saturated carbocycles. The first-order valence-corrected chi connectivity index (χ1v) is 5.55. The van der Waals surface area contributed by atoms with E-state index in [9.17, 15) is 4.79 Å². The number of nitrogens with two attached hydrogens (primary N) is 1. The number of aromatic amines is 1. The fourth-order valence-electron chi connectivity index (χ4n) is 1.79. The Hall–Kier alpha value is -2.10. The summed E-state index contributed by atoms with van der Waals surface area (Å²) in [5.74, 6) is 0.647. The quantitative estimate of drug-likeness (QED) is 0.782. The number of nitrogen functional groups attached to an aromatic ring is 1. The van der Waals surface area contributed by atoms with E-state index >= 15 is 0 Å². The van der Waals surface area contributed by atoms with Gasteiger partial charge in [-0.05, 0) is 31.4 Å². The fraction of sp³-hybridized carbons (Fsp3) is 0.231. The third-order valence-corrected chi connectivity index (χ3v) is 2.62. The number of aryl methyl sites for hydroxylation is 3. The predicted molar refractivity (Wildman–Crippen MR) is 67.9 cm³/mol. The maximum absolute atomic E-state index is 11.3. The van der Waals surface area contributed by atoms with E-state index in [0.717, 1.165) is 29.8 Å². The number of hydrogen-bond acceptors (Lipinski definition) is 3. The summed E-state index contributed by atoms with van der Waals surface area (Å²) in [6.45, 7) is 1.78. The van der Waals surface area contributed by atoms with Gasteiger partial charge in [-0.25, -0.2) is 4.98 Å². The number of para-hydroxylation sites is 1. The number of aromatic nitrogens is 2. The fourth-order valence-corrected chi connectivity index (χ4v) is 1.79. The first kappa shape index (κ1) is 11.4. The topological polar surface area (TPSA) is 71.8 Å². The van der Waals surface area contributed by atoms with Crippen LogP contribution in [-0.4, -0.2) is 9.97 Å². The minimum atomic E-state index is -0.103. The molecule has 0 aliphatic heterocycles. The number of hydrogen-bond donors (Lipinski definition) is 2. The van der Waals surface area contributed by atoms with Gasteiger partial charge >= 0.3 is 0 Å². The lowest BCUT2D eigenvalue weighted by Crippen LogP contribution is -2.11. The largest absolute Gasteiger partial charge is 0.399 e. The van der Waals surface area contributed by atoms with E-state index < -0.39 is 0 Å². The molecule has 1 aromatic heterocycles. The predicted octanol–water partition coefficient (Wildman–Crippen LogP) is 1.45. The Morgan fingerprint density at radius 2 is 2.06 bits per heavy atom. The Balaban J connectivity index is 2.13. The van der Waals surface area contributed by atoms with Crippen LogP contribution in [-0.2, 0) is 12.8 Å². The van der Waals surface area contributed by atoms with Gasteiger partial charge in [0.05, 0.1) is 0 Å². The van der Waals surface area contributed by atoms with Crippen LogP contribution >= 0.6 is 0 Å². The molecule has 4 nitrogen and oxygen atoms in total. The van der Waals surface area contributed by atoms with Gasteiger partial charge in [0, 0.05) is 17.4 Å². The van der Waals surface area contributed by atoms with Crippen molar-refractivity contribution in [3.8, 4) is 0 Å². The molecule has 0 aliphatic carbocycles. The molecule has 1 aromatic carbocycles. The SMILES string of the molecule is Cc1nc(CCc2ccccc2N)cc(=O)[nH]1. The molecule has 0 saturated heterocycles. The van der Waals surface area contributed by atoms with Crippen LogP contribution in [0.5, 0.6) is 0 Å². The monoisotopic (exact) mass is 229 g/mol. The summed E-state index contributed by atoms with van der Waals surface area (Å²) in [5, 5.41) is 0. The molecule has 2 aromatic rings. The van der Waals surface area contributed by atoms with E-state index in [2.05, 4.69) is 9.97 Å². The maximum Gasteiger partial charge on any atom is 0.251 e. The van der Waals surface area contributed by atoms with Crippen molar-refractivity contribution in [3.63, 3.8) is 0 Å². The van der Waals surface area contributed by atoms with Crippen LogP contribution in [0.2, 0.25) is 0 Å². The van der Waals surface area contributed by atoms with Gasteiger partial charge in [0.1, 0.15) is 5.82 Å². The average Bonchev–Trinajstić information content (AvgIpc) is 2.27. The zero-order valence-corrected chi connectivity index (χ0v) is 9.73. The van der Waals surface area contributed by atoms with Gasteiger partial charge < -0.3 is 10.7 Å². The van der Waals surface area contributed by atoms with E-state index in [1.165, 1.54) is 6.07 Å². The highest BCUT2D eigenvalue weighted by Gasteiger charge is 2.01. The third-order valence-electron chi connectivity index (χ3n) is 2.62. The lowest BCUT2D eigenvalue weighted by atomic mass is 10.1. The molecule has 88 valence electrons. The summed E-state index contributed by atoms with van der Waals surface area (Å²) in [6, 6.07) is 9.28. The average molecular weight is 229 g/mol. The van der Waals surface area contributed by atoms with Crippen molar-refractivity contribution in [1.82, 2.24) is 9.97 Å². The lowest BCUT2D eigenvalue weighted by Gasteiger charge is -2.05. The van der Waals surface area contributed by atoms with Gasteiger partial charge in [-0.15, -0.1) is 0 Å². The number of rotatable bonds is 3. The zero-order chi connectivity index (χ0) is 12.3. The number of anilines is 1. The smallest absolute Gasteiger partial charge is 0.251 e. The second-order valence-corrected chi connectivity index (χ2v) is 4.02. The molecule has 0 radical (unpaired) electrons. The Kier molecular flexibility index (Phi) is 3.23. The molecule has 0 bridgehead atoms.